The maximum atomic E-state index is 12.4. The maximum absolute atomic E-state index is 12.4. The Balaban J connectivity index is 1.32. The van der Waals surface area contributed by atoms with Gasteiger partial charge in [0.2, 0.25) is 5.91 Å². The van der Waals surface area contributed by atoms with Gasteiger partial charge in [-0.2, -0.15) is 0 Å². The number of hydrogen-bond donors (Lipinski definition) is 1. The van der Waals surface area contributed by atoms with E-state index in [4.69, 9.17) is 16.3 Å². The number of aromatic nitrogens is 1. The second kappa shape index (κ2) is 7.77. The lowest BCUT2D eigenvalue weighted by Crippen LogP contribution is -2.53. The number of anilines is 2. The molecule has 1 aromatic heterocycles. The number of rotatable bonds is 4. The smallest absolute Gasteiger partial charge is 0.317 e. The number of amides is 1. The van der Waals surface area contributed by atoms with Crippen LogP contribution >= 0.6 is 11.6 Å². The molecule has 2 aliphatic rings. The Morgan fingerprint density at radius 1 is 1.32 bits per heavy atom. The summed E-state index contributed by atoms with van der Waals surface area (Å²) < 4.78 is 5.08. The summed E-state index contributed by atoms with van der Waals surface area (Å²) in [5, 5.41) is 3.56. The molecule has 1 atom stereocenters. The zero-order valence-electron chi connectivity index (χ0n) is 15.5. The zero-order valence-corrected chi connectivity index (χ0v) is 16.3. The third-order valence-corrected chi connectivity index (χ3v) is 5.24. The van der Waals surface area contributed by atoms with E-state index in [2.05, 4.69) is 27.0 Å². The van der Waals surface area contributed by atoms with Crippen molar-refractivity contribution in [1.29, 1.82) is 0 Å². The number of benzene rings is 1. The van der Waals surface area contributed by atoms with Gasteiger partial charge in [0.25, 0.3) is 0 Å². The molecule has 1 fully saturated rings. The van der Waals surface area contributed by atoms with Crippen molar-refractivity contribution < 1.29 is 14.3 Å². The Bertz CT molecular complexity index is 903. The predicted molar refractivity (Wildman–Crippen MR) is 107 cm³/mol. The Labute approximate surface area is 168 Å². The van der Waals surface area contributed by atoms with E-state index in [0.717, 1.165) is 30.3 Å². The van der Waals surface area contributed by atoms with E-state index < -0.39 is 0 Å². The summed E-state index contributed by atoms with van der Waals surface area (Å²) in [4.78, 5) is 32.4. The fourth-order valence-corrected chi connectivity index (χ4v) is 3.78. The second-order valence-corrected chi connectivity index (χ2v) is 7.56. The van der Waals surface area contributed by atoms with Crippen molar-refractivity contribution in [2.45, 2.75) is 19.4 Å². The fraction of sp³-hybridized carbons (Fsp3) is 0.350. The number of fused-ring (bicyclic) bond motifs is 1. The minimum absolute atomic E-state index is 0.113. The molecule has 2 aliphatic heterocycles. The highest BCUT2D eigenvalue weighted by molar-refractivity contribution is 6.30. The van der Waals surface area contributed by atoms with Gasteiger partial charge in [0.1, 0.15) is 0 Å². The van der Waals surface area contributed by atoms with Crippen molar-refractivity contribution >= 4 is 34.9 Å². The first-order chi connectivity index (χ1) is 13.5. The normalized spacial score (nSPS) is 19.3. The van der Waals surface area contributed by atoms with Gasteiger partial charge in [0.15, 0.2) is 5.75 Å². The minimum Gasteiger partial charge on any atom is -0.424 e. The summed E-state index contributed by atoms with van der Waals surface area (Å²) in [6, 6.07) is 9.76. The molecule has 0 saturated carbocycles. The molecule has 2 aromatic rings. The van der Waals surface area contributed by atoms with Crippen LogP contribution in [0.15, 0.2) is 36.5 Å². The van der Waals surface area contributed by atoms with Crippen molar-refractivity contribution in [1.82, 2.24) is 9.88 Å². The Morgan fingerprint density at radius 2 is 2.11 bits per heavy atom. The first kappa shape index (κ1) is 18.7. The SMILES string of the molecule is C[C@@H]1CN(CC(=O)Nc2cnc3c(c2)OC(=O)C3)CCN1c1ccc(Cl)cc1. The van der Waals surface area contributed by atoms with Gasteiger partial charge in [-0.25, -0.2) is 0 Å². The number of carbonyl (C=O) groups excluding carboxylic acids is 2. The Hall–Kier alpha value is -2.64. The van der Waals surface area contributed by atoms with Gasteiger partial charge in [0.05, 0.1) is 30.5 Å². The third-order valence-electron chi connectivity index (χ3n) is 4.99. The van der Waals surface area contributed by atoms with Crippen LogP contribution in [-0.2, 0) is 16.0 Å². The third kappa shape index (κ3) is 4.10. The maximum Gasteiger partial charge on any atom is 0.317 e. The Morgan fingerprint density at radius 3 is 2.86 bits per heavy atom. The molecule has 4 rings (SSSR count). The lowest BCUT2D eigenvalue weighted by molar-refractivity contribution is -0.131. The van der Waals surface area contributed by atoms with Crippen LogP contribution in [0.25, 0.3) is 0 Å². The number of esters is 1. The van der Waals surface area contributed by atoms with Crippen LogP contribution in [0.1, 0.15) is 12.6 Å². The molecule has 3 heterocycles. The van der Waals surface area contributed by atoms with Gasteiger partial charge in [-0.1, -0.05) is 11.6 Å². The molecule has 7 nitrogen and oxygen atoms in total. The molecule has 1 amide bonds. The van der Waals surface area contributed by atoms with Gasteiger partial charge < -0.3 is 15.0 Å². The summed E-state index contributed by atoms with van der Waals surface area (Å²) in [7, 11) is 0. The van der Waals surface area contributed by atoms with E-state index in [-0.39, 0.29) is 24.3 Å². The molecule has 0 unspecified atom stereocenters. The molecule has 28 heavy (non-hydrogen) atoms. The topological polar surface area (TPSA) is 74.8 Å². The van der Waals surface area contributed by atoms with E-state index in [0.29, 0.717) is 23.7 Å². The van der Waals surface area contributed by atoms with Crippen LogP contribution in [0.4, 0.5) is 11.4 Å². The van der Waals surface area contributed by atoms with Gasteiger partial charge in [-0.05, 0) is 31.2 Å². The Kier molecular flexibility index (Phi) is 5.19. The van der Waals surface area contributed by atoms with E-state index in [1.165, 1.54) is 0 Å². The number of nitrogens with one attached hydrogen (secondary N) is 1. The molecule has 0 bridgehead atoms. The fourth-order valence-electron chi connectivity index (χ4n) is 3.65. The lowest BCUT2D eigenvalue weighted by Gasteiger charge is -2.41. The largest absolute Gasteiger partial charge is 0.424 e. The first-order valence-electron chi connectivity index (χ1n) is 9.22. The van der Waals surface area contributed by atoms with Crippen molar-refractivity contribution in [2.24, 2.45) is 0 Å². The van der Waals surface area contributed by atoms with Gasteiger partial charge in [-0.3, -0.25) is 19.5 Å². The number of carbonyl (C=O) groups is 2. The number of nitrogens with zero attached hydrogens (tertiary/aromatic N) is 3. The second-order valence-electron chi connectivity index (χ2n) is 7.12. The van der Waals surface area contributed by atoms with Crippen LogP contribution < -0.4 is 15.0 Å². The number of ether oxygens (including phenoxy) is 1. The first-order valence-corrected chi connectivity index (χ1v) is 9.60. The summed E-state index contributed by atoms with van der Waals surface area (Å²) in [6.45, 7) is 4.87. The van der Waals surface area contributed by atoms with Crippen molar-refractivity contribution in [2.75, 3.05) is 36.4 Å². The van der Waals surface area contributed by atoms with E-state index in [1.807, 2.05) is 24.3 Å². The van der Waals surface area contributed by atoms with Crippen LogP contribution in [0.3, 0.4) is 0 Å². The molecule has 1 aromatic carbocycles. The highest BCUT2D eigenvalue weighted by atomic mass is 35.5. The molecule has 0 aliphatic carbocycles. The molecule has 8 heteroatoms. The quantitative estimate of drug-likeness (QED) is 0.794. The monoisotopic (exact) mass is 400 g/mol. The molecule has 0 spiro atoms. The summed E-state index contributed by atoms with van der Waals surface area (Å²) in [6.07, 6.45) is 1.74. The summed E-state index contributed by atoms with van der Waals surface area (Å²) in [5.41, 5.74) is 2.28. The van der Waals surface area contributed by atoms with Gasteiger partial charge >= 0.3 is 5.97 Å². The van der Waals surface area contributed by atoms with Crippen LogP contribution in [-0.4, -0.2) is 54.0 Å². The van der Waals surface area contributed by atoms with Crippen molar-refractivity contribution in [3.8, 4) is 5.75 Å². The van der Waals surface area contributed by atoms with Gasteiger partial charge in [-0.15, -0.1) is 0 Å². The predicted octanol–water partition coefficient (Wildman–Crippen LogP) is 2.35. The van der Waals surface area contributed by atoms with E-state index in [9.17, 15) is 9.59 Å². The average Bonchev–Trinajstić information content (AvgIpc) is 3.02. The number of hydrogen-bond acceptors (Lipinski definition) is 6. The van der Waals surface area contributed by atoms with Gasteiger partial charge in [0, 0.05) is 42.5 Å². The highest BCUT2D eigenvalue weighted by Crippen LogP contribution is 2.27. The minimum atomic E-state index is -0.321. The van der Waals surface area contributed by atoms with Crippen LogP contribution in [0.2, 0.25) is 5.02 Å². The average molecular weight is 401 g/mol. The molecule has 0 radical (unpaired) electrons. The van der Waals surface area contributed by atoms with Crippen LogP contribution in [0.5, 0.6) is 5.75 Å². The highest BCUT2D eigenvalue weighted by Gasteiger charge is 2.26. The molecular formula is C20H21ClN4O3. The molecule has 1 saturated heterocycles. The van der Waals surface area contributed by atoms with Crippen molar-refractivity contribution in [3.05, 3.63) is 47.2 Å². The van der Waals surface area contributed by atoms with Crippen LogP contribution in [0, 0.1) is 0 Å². The molecule has 1 N–H and O–H groups in total. The molecule has 146 valence electrons. The van der Waals surface area contributed by atoms with E-state index >= 15 is 0 Å². The lowest BCUT2D eigenvalue weighted by atomic mass is 10.1. The number of halogens is 1. The number of piperazine rings is 1. The summed E-state index contributed by atoms with van der Waals surface area (Å²) >= 11 is 5.97. The summed E-state index contributed by atoms with van der Waals surface area (Å²) in [5.74, 6) is -0.00950. The van der Waals surface area contributed by atoms with E-state index in [1.54, 1.807) is 12.3 Å². The number of pyridine rings is 1. The zero-order chi connectivity index (χ0) is 19.7. The molecular weight excluding hydrogens is 380 g/mol. The standard InChI is InChI=1S/C20H21ClN4O3/c1-13-11-24(6-7-25(13)16-4-2-14(21)3-5-16)12-19(26)23-15-8-18-17(22-10-15)9-20(27)28-18/h2-5,8,10,13H,6-7,9,11-12H2,1H3,(H,23,26)/t13-/m1/s1. The van der Waals surface area contributed by atoms with Crippen molar-refractivity contribution in [3.63, 3.8) is 0 Å².